The van der Waals surface area contributed by atoms with Crippen LogP contribution < -0.4 is 5.32 Å². The van der Waals surface area contributed by atoms with Crippen molar-refractivity contribution in [1.29, 1.82) is 0 Å². The third-order valence-corrected chi connectivity index (χ3v) is 3.12. The van der Waals surface area contributed by atoms with E-state index in [1.807, 2.05) is 20.8 Å². The van der Waals surface area contributed by atoms with Gasteiger partial charge in [0, 0.05) is 13.0 Å². The number of hydrogen-bond donors (Lipinski definition) is 2. The highest BCUT2D eigenvalue weighted by atomic mass is 79.9. The van der Waals surface area contributed by atoms with Gasteiger partial charge in [0.25, 0.3) is 0 Å². The van der Waals surface area contributed by atoms with Crippen molar-refractivity contribution in [2.75, 3.05) is 6.54 Å². The van der Waals surface area contributed by atoms with E-state index < -0.39 is 5.60 Å². The van der Waals surface area contributed by atoms with Crippen LogP contribution in [0.25, 0.3) is 11.3 Å². The minimum Gasteiger partial charge on any atom is -0.444 e. The van der Waals surface area contributed by atoms with E-state index in [-0.39, 0.29) is 6.09 Å². The molecule has 0 saturated carbocycles. The Labute approximate surface area is 137 Å². The Morgan fingerprint density at radius 2 is 2.14 bits per heavy atom. The summed E-state index contributed by atoms with van der Waals surface area (Å²) in [5, 5.41) is 2.74. The Hall–Kier alpha value is -1.70. The van der Waals surface area contributed by atoms with Gasteiger partial charge in [-0.25, -0.2) is 19.7 Å². The average molecular weight is 370 g/mol. The normalized spacial score (nSPS) is 11.6. The van der Waals surface area contributed by atoms with E-state index in [0.717, 1.165) is 25.1 Å². The molecule has 2 N–H and O–H groups in total. The van der Waals surface area contributed by atoms with Crippen molar-refractivity contribution in [3.8, 4) is 0 Å². The third kappa shape index (κ3) is 5.25. The second-order valence-electron chi connectivity index (χ2n) is 5.93. The number of hydrogen-bond acceptors (Lipinski definition) is 5. The number of nitrogens with one attached hydrogen (secondary N) is 2. The van der Waals surface area contributed by atoms with Gasteiger partial charge in [-0.2, -0.15) is 0 Å². The summed E-state index contributed by atoms with van der Waals surface area (Å²) in [5.74, 6) is 0.852. The number of carbonyl (C=O) groups is 1. The van der Waals surface area contributed by atoms with Crippen LogP contribution in [0.5, 0.6) is 0 Å². The Balaban J connectivity index is 1.71. The highest BCUT2D eigenvalue weighted by Crippen LogP contribution is 2.12. The zero-order chi connectivity index (χ0) is 16.2. The molecule has 2 aromatic heterocycles. The van der Waals surface area contributed by atoms with Gasteiger partial charge in [-0.3, -0.25) is 0 Å². The summed E-state index contributed by atoms with van der Waals surface area (Å²) in [5.41, 5.74) is 0.827. The van der Waals surface area contributed by atoms with Crippen molar-refractivity contribution >= 4 is 33.3 Å². The van der Waals surface area contributed by atoms with Gasteiger partial charge < -0.3 is 15.0 Å². The minimum atomic E-state index is -0.466. The van der Waals surface area contributed by atoms with Crippen LogP contribution in [0.3, 0.4) is 0 Å². The molecule has 0 spiro atoms. The van der Waals surface area contributed by atoms with Crippen LogP contribution in [-0.4, -0.2) is 38.2 Å². The van der Waals surface area contributed by atoms with E-state index in [1.54, 1.807) is 6.20 Å². The Morgan fingerprint density at radius 3 is 2.86 bits per heavy atom. The number of fused-ring (bicyclic) bond motifs is 1. The molecule has 7 nitrogen and oxygen atoms in total. The summed E-state index contributed by atoms with van der Waals surface area (Å²) in [6.07, 6.45) is 3.77. The Bertz CT molecular complexity index is 650. The molecule has 2 heterocycles. The second-order valence-corrected chi connectivity index (χ2v) is 6.75. The van der Waals surface area contributed by atoms with E-state index in [0.29, 0.717) is 22.4 Å². The minimum absolute atomic E-state index is 0.380. The molecule has 2 rings (SSSR count). The largest absolute Gasteiger partial charge is 0.444 e. The zero-order valence-corrected chi connectivity index (χ0v) is 14.5. The number of aromatic nitrogens is 4. The number of rotatable bonds is 5. The van der Waals surface area contributed by atoms with Crippen molar-refractivity contribution in [2.24, 2.45) is 0 Å². The molecule has 120 valence electrons. The van der Waals surface area contributed by atoms with Crippen molar-refractivity contribution in [2.45, 2.75) is 45.6 Å². The number of alkyl carbamates (subject to hydrolysis) is 1. The van der Waals surface area contributed by atoms with Gasteiger partial charge in [0.2, 0.25) is 0 Å². The van der Waals surface area contributed by atoms with E-state index in [9.17, 15) is 4.79 Å². The molecule has 0 bridgehead atoms. The first kappa shape index (κ1) is 16.7. The van der Waals surface area contributed by atoms with Crippen molar-refractivity contribution in [3.63, 3.8) is 0 Å². The lowest BCUT2D eigenvalue weighted by molar-refractivity contribution is 0.0527. The summed E-state index contributed by atoms with van der Waals surface area (Å²) in [6, 6.07) is 0. The first-order valence-corrected chi connectivity index (χ1v) is 7.97. The molecule has 0 aliphatic rings. The molecule has 2 aromatic rings. The molecule has 0 atom stereocenters. The summed E-state index contributed by atoms with van der Waals surface area (Å²) in [7, 11) is 0. The molecule has 0 aliphatic heterocycles. The average Bonchev–Trinajstić information content (AvgIpc) is 2.78. The molecule has 1 amide bonds. The van der Waals surface area contributed by atoms with Crippen molar-refractivity contribution < 1.29 is 9.53 Å². The topological polar surface area (TPSA) is 92.8 Å². The number of aryl methyl sites for hydroxylation is 1. The van der Waals surface area contributed by atoms with E-state index >= 15 is 0 Å². The Kier molecular flexibility index (Phi) is 5.33. The number of imidazole rings is 1. The van der Waals surface area contributed by atoms with Crippen LogP contribution in [0.2, 0.25) is 0 Å². The Morgan fingerprint density at radius 1 is 1.36 bits per heavy atom. The molecular formula is C14H20BrN5O2. The van der Waals surface area contributed by atoms with Crippen LogP contribution >= 0.6 is 15.9 Å². The molecule has 0 aliphatic carbocycles. The molecule has 0 unspecified atom stereocenters. The predicted octanol–water partition coefficient (Wildman–Crippen LogP) is 2.96. The maximum atomic E-state index is 11.5. The highest BCUT2D eigenvalue weighted by molar-refractivity contribution is 9.10. The first-order chi connectivity index (χ1) is 10.3. The SMILES string of the molecule is CC(C)(C)OC(=O)NCCCCc1nc2ncc(Br)nc2[nH]1. The van der Waals surface area contributed by atoms with E-state index in [2.05, 4.69) is 41.2 Å². The summed E-state index contributed by atoms with van der Waals surface area (Å²) in [6.45, 7) is 6.11. The summed E-state index contributed by atoms with van der Waals surface area (Å²) in [4.78, 5) is 27.4. The lowest BCUT2D eigenvalue weighted by atomic mass is 10.2. The number of halogens is 1. The maximum absolute atomic E-state index is 11.5. The van der Waals surface area contributed by atoms with Crippen LogP contribution in [0.4, 0.5) is 4.79 Å². The van der Waals surface area contributed by atoms with Gasteiger partial charge in [0.1, 0.15) is 16.0 Å². The standard InChI is InChI=1S/C14H20BrN5O2/c1-14(2,3)22-13(21)16-7-5-4-6-10-19-11-12(20-10)18-9(15)8-17-11/h8H,4-7H2,1-3H3,(H,16,21)(H,17,18,19,20). The lowest BCUT2D eigenvalue weighted by Crippen LogP contribution is -2.33. The van der Waals surface area contributed by atoms with Gasteiger partial charge in [-0.05, 0) is 49.5 Å². The molecule has 0 fully saturated rings. The first-order valence-electron chi connectivity index (χ1n) is 7.17. The van der Waals surface area contributed by atoms with Crippen LogP contribution in [0.15, 0.2) is 10.8 Å². The van der Waals surface area contributed by atoms with Gasteiger partial charge in [0.15, 0.2) is 11.3 Å². The smallest absolute Gasteiger partial charge is 0.407 e. The molecule has 8 heteroatoms. The van der Waals surface area contributed by atoms with Crippen molar-refractivity contribution in [3.05, 3.63) is 16.6 Å². The fourth-order valence-electron chi connectivity index (χ4n) is 1.86. The fourth-order valence-corrected chi connectivity index (χ4v) is 2.14. The number of ether oxygens (including phenoxy) is 1. The van der Waals surface area contributed by atoms with Crippen molar-refractivity contribution in [1.82, 2.24) is 25.3 Å². The van der Waals surface area contributed by atoms with Crippen LogP contribution in [0, 0.1) is 0 Å². The predicted molar refractivity (Wildman–Crippen MR) is 86.6 cm³/mol. The maximum Gasteiger partial charge on any atom is 0.407 e. The quantitative estimate of drug-likeness (QED) is 0.790. The highest BCUT2D eigenvalue weighted by Gasteiger charge is 2.15. The number of unbranched alkanes of at least 4 members (excludes halogenated alkanes) is 1. The lowest BCUT2D eigenvalue weighted by Gasteiger charge is -2.19. The monoisotopic (exact) mass is 369 g/mol. The number of nitrogens with zero attached hydrogens (tertiary/aromatic N) is 3. The third-order valence-electron chi connectivity index (χ3n) is 2.74. The second kappa shape index (κ2) is 7.04. The number of carbonyl (C=O) groups excluding carboxylic acids is 1. The summed E-state index contributed by atoms with van der Waals surface area (Å²) >= 11 is 3.28. The molecule has 0 radical (unpaired) electrons. The van der Waals surface area contributed by atoms with E-state index in [4.69, 9.17) is 4.74 Å². The number of amides is 1. The molecular weight excluding hydrogens is 350 g/mol. The van der Waals surface area contributed by atoms with Gasteiger partial charge in [-0.15, -0.1) is 0 Å². The molecule has 22 heavy (non-hydrogen) atoms. The number of H-pyrrole nitrogens is 1. The fraction of sp³-hybridized carbons (Fsp3) is 0.571. The number of aromatic amines is 1. The van der Waals surface area contributed by atoms with Crippen LogP contribution in [-0.2, 0) is 11.2 Å². The molecule has 0 aromatic carbocycles. The zero-order valence-electron chi connectivity index (χ0n) is 12.9. The van der Waals surface area contributed by atoms with Gasteiger partial charge in [0.05, 0.1) is 6.20 Å². The van der Waals surface area contributed by atoms with E-state index in [1.165, 1.54) is 0 Å². The van der Waals surface area contributed by atoms with Gasteiger partial charge in [-0.1, -0.05) is 0 Å². The summed E-state index contributed by atoms with van der Waals surface area (Å²) < 4.78 is 5.84. The molecule has 0 saturated heterocycles. The van der Waals surface area contributed by atoms with Crippen LogP contribution in [0.1, 0.15) is 39.4 Å². The van der Waals surface area contributed by atoms with Gasteiger partial charge >= 0.3 is 6.09 Å².